The van der Waals surface area contributed by atoms with E-state index in [-0.39, 0.29) is 0 Å². The lowest BCUT2D eigenvalue weighted by Crippen LogP contribution is -2.43. The van der Waals surface area contributed by atoms with E-state index in [0.717, 1.165) is 12.6 Å². The van der Waals surface area contributed by atoms with Crippen molar-refractivity contribution >= 4 is 0 Å². The van der Waals surface area contributed by atoms with E-state index in [9.17, 15) is 9.65 Å². The third-order valence-corrected chi connectivity index (χ3v) is 3.62. The van der Waals surface area contributed by atoms with Crippen LogP contribution in [0.15, 0.2) is 36.7 Å². The number of halogens is 1. The van der Waals surface area contributed by atoms with Crippen molar-refractivity contribution in [2.45, 2.75) is 32.7 Å². The summed E-state index contributed by atoms with van der Waals surface area (Å²) in [6.07, 6.45) is 3.48. The summed E-state index contributed by atoms with van der Waals surface area (Å²) in [5.41, 5.74) is 7.12. The molecule has 1 aromatic carbocycles. The molecular formula is C19H22FN3O. The van der Waals surface area contributed by atoms with Crippen LogP contribution >= 0.6 is 0 Å². The van der Waals surface area contributed by atoms with E-state index in [1.807, 2.05) is 6.92 Å². The number of aromatic nitrogens is 1. The zero-order chi connectivity index (χ0) is 17.7. The van der Waals surface area contributed by atoms with Crippen LogP contribution in [0.4, 0.5) is 4.39 Å². The fourth-order valence-corrected chi connectivity index (χ4v) is 2.75. The summed E-state index contributed by atoms with van der Waals surface area (Å²) in [4.78, 5) is 3.73. The Bertz CT molecular complexity index is 751. The second-order valence-corrected chi connectivity index (χ2v) is 6.72. The number of rotatable bonds is 6. The Kier molecular flexibility index (Phi) is 5.53. The average molecular weight is 327 g/mol. The van der Waals surface area contributed by atoms with Gasteiger partial charge in [-0.25, -0.2) is 4.39 Å². The van der Waals surface area contributed by atoms with E-state index < -0.39 is 11.4 Å². The van der Waals surface area contributed by atoms with Crippen LogP contribution in [0.25, 0.3) is 11.1 Å². The van der Waals surface area contributed by atoms with E-state index in [1.165, 1.54) is 6.20 Å². The maximum absolute atomic E-state index is 13.8. The van der Waals surface area contributed by atoms with Gasteiger partial charge in [0.2, 0.25) is 0 Å². The van der Waals surface area contributed by atoms with Crippen molar-refractivity contribution in [1.82, 2.24) is 4.98 Å². The number of pyridine rings is 1. The fraction of sp³-hybridized carbons (Fsp3) is 0.368. The molecule has 4 nitrogen and oxygen atoms in total. The molecule has 0 bridgehead atoms. The predicted octanol–water partition coefficient (Wildman–Crippen LogP) is 3.90. The summed E-state index contributed by atoms with van der Waals surface area (Å²) in [6.45, 7) is 6.44. The molecular weight excluding hydrogens is 305 g/mol. The number of ether oxygens (including phenoxy) is 1. The Balaban J connectivity index is 2.22. The first-order valence-corrected chi connectivity index (χ1v) is 7.88. The topological polar surface area (TPSA) is 71.9 Å². The van der Waals surface area contributed by atoms with Gasteiger partial charge in [-0.2, -0.15) is 5.26 Å². The molecule has 24 heavy (non-hydrogen) atoms. The third-order valence-electron chi connectivity index (χ3n) is 3.62. The maximum atomic E-state index is 13.8. The fourth-order valence-electron chi connectivity index (χ4n) is 2.75. The van der Waals surface area contributed by atoms with Gasteiger partial charge in [0.25, 0.3) is 0 Å². The van der Waals surface area contributed by atoms with E-state index >= 15 is 0 Å². The van der Waals surface area contributed by atoms with Gasteiger partial charge in [-0.3, -0.25) is 4.98 Å². The standard InChI is InChI=1S/C19H22FN3O/c1-13(2)9-19(3,22)12-24-18-5-4-14(8-15(18)10-21)16-6-7-23-11-17(16)20/h4-8,11,13H,9,12,22H2,1-3H3. The number of nitriles is 1. The molecule has 5 heteroatoms. The smallest absolute Gasteiger partial charge is 0.149 e. The van der Waals surface area contributed by atoms with Crippen LogP contribution in [-0.4, -0.2) is 17.1 Å². The molecule has 0 saturated heterocycles. The van der Waals surface area contributed by atoms with Gasteiger partial charge in [0.15, 0.2) is 0 Å². The highest BCUT2D eigenvalue weighted by Crippen LogP contribution is 2.28. The zero-order valence-corrected chi connectivity index (χ0v) is 14.2. The zero-order valence-electron chi connectivity index (χ0n) is 14.2. The molecule has 1 unspecified atom stereocenters. The van der Waals surface area contributed by atoms with Crippen molar-refractivity contribution in [2.24, 2.45) is 11.7 Å². The normalized spacial score (nSPS) is 13.4. The van der Waals surface area contributed by atoms with Crippen molar-refractivity contribution in [3.63, 3.8) is 0 Å². The van der Waals surface area contributed by atoms with Crippen molar-refractivity contribution in [3.05, 3.63) is 48.0 Å². The average Bonchev–Trinajstić information content (AvgIpc) is 2.52. The van der Waals surface area contributed by atoms with Crippen LogP contribution in [0.5, 0.6) is 5.75 Å². The van der Waals surface area contributed by atoms with E-state index in [4.69, 9.17) is 10.5 Å². The largest absolute Gasteiger partial charge is 0.490 e. The van der Waals surface area contributed by atoms with Crippen LogP contribution in [0.1, 0.15) is 32.8 Å². The van der Waals surface area contributed by atoms with Crippen LogP contribution < -0.4 is 10.5 Å². The number of nitrogens with zero attached hydrogens (tertiary/aromatic N) is 2. The van der Waals surface area contributed by atoms with Gasteiger partial charge in [0.1, 0.15) is 24.2 Å². The van der Waals surface area contributed by atoms with Crippen molar-refractivity contribution < 1.29 is 9.13 Å². The minimum Gasteiger partial charge on any atom is -0.490 e. The molecule has 1 atom stereocenters. The minimum absolute atomic E-state index is 0.308. The van der Waals surface area contributed by atoms with E-state index in [2.05, 4.69) is 24.9 Å². The van der Waals surface area contributed by atoms with E-state index in [1.54, 1.807) is 24.3 Å². The summed E-state index contributed by atoms with van der Waals surface area (Å²) in [6, 6.07) is 8.70. The molecule has 2 aromatic rings. The molecule has 2 rings (SSSR count). The molecule has 0 aliphatic rings. The van der Waals surface area contributed by atoms with E-state index in [0.29, 0.717) is 35.0 Å². The molecule has 0 fully saturated rings. The molecule has 0 amide bonds. The summed E-state index contributed by atoms with van der Waals surface area (Å²) in [5, 5.41) is 9.37. The number of nitrogens with two attached hydrogens (primary N) is 1. The van der Waals surface area contributed by atoms with Crippen LogP contribution in [0.2, 0.25) is 0 Å². The summed E-state index contributed by atoms with van der Waals surface area (Å²) < 4.78 is 19.6. The van der Waals surface area contributed by atoms with Gasteiger partial charge in [-0.15, -0.1) is 0 Å². The first kappa shape index (κ1) is 17.9. The second kappa shape index (κ2) is 7.41. The first-order valence-electron chi connectivity index (χ1n) is 7.88. The van der Waals surface area contributed by atoms with Crippen LogP contribution in [0, 0.1) is 23.1 Å². The number of hydrogen-bond donors (Lipinski definition) is 1. The lowest BCUT2D eigenvalue weighted by molar-refractivity contribution is 0.206. The molecule has 0 spiro atoms. The lowest BCUT2D eigenvalue weighted by atomic mass is 9.93. The van der Waals surface area contributed by atoms with Gasteiger partial charge < -0.3 is 10.5 Å². The molecule has 1 heterocycles. The summed E-state index contributed by atoms with van der Waals surface area (Å²) in [5.74, 6) is 0.480. The van der Waals surface area contributed by atoms with Crippen molar-refractivity contribution in [1.29, 1.82) is 5.26 Å². The predicted molar refractivity (Wildman–Crippen MR) is 91.9 cm³/mol. The molecule has 2 N–H and O–H groups in total. The quantitative estimate of drug-likeness (QED) is 0.873. The highest BCUT2D eigenvalue weighted by atomic mass is 19.1. The first-order chi connectivity index (χ1) is 11.3. The SMILES string of the molecule is CC(C)CC(C)(N)COc1ccc(-c2ccncc2F)cc1C#N. The van der Waals surface area contributed by atoms with Gasteiger partial charge in [0, 0.05) is 17.3 Å². The van der Waals surface area contributed by atoms with Gasteiger partial charge >= 0.3 is 0 Å². The molecule has 0 saturated carbocycles. The minimum atomic E-state index is -0.475. The summed E-state index contributed by atoms with van der Waals surface area (Å²) in [7, 11) is 0. The Morgan fingerprint density at radius 3 is 2.75 bits per heavy atom. The second-order valence-electron chi connectivity index (χ2n) is 6.72. The lowest BCUT2D eigenvalue weighted by Gasteiger charge is -2.26. The Morgan fingerprint density at radius 1 is 1.38 bits per heavy atom. The molecule has 0 radical (unpaired) electrons. The molecule has 1 aromatic heterocycles. The Morgan fingerprint density at radius 2 is 2.12 bits per heavy atom. The van der Waals surface area contributed by atoms with Gasteiger partial charge in [-0.05, 0) is 43.0 Å². The Labute approximate surface area is 142 Å². The number of hydrogen-bond acceptors (Lipinski definition) is 4. The monoisotopic (exact) mass is 327 g/mol. The molecule has 0 aliphatic carbocycles. The van der Waals surface area contributed by atoms with Crippen LogP contribution in [0.3, 0.4) is 0 Å². The molecule has 0 aliphatic heterocycles. The van der Waals surface area contributed by atoms with Crippen molar-refractivity contribution in [2.75, 3.05) is 6.61 Å². The highest BCUT2D eigenvalue weighted by molar-refractivity contribution is 5.67. The third kappa shape index (κ3) is 4.53. The number of benzene rings is 1. The van der Waals surface area contributed by atoms with Crippen molar-refractivity contribution in [3.8, 4) is 22.9 Å². The summed E-state index contributed by atoms with van der Waals surface area (Å²) >= 11 is 0. The molecule has 126 valence electrons. The van der Waals surface area contributed by atoms with Gasteiger partial charge in [-0.1, -0.05) is 19.9 Å². The van der Waals surface area contributed by atoms with Crippen LogP contribution in [-0.2, 0) is 0 Å². The Hall–Kier alpha value is -2.45. The van der Waals surface area contributed by atoms with Gasteiger partial charge in [0.05, 0.1) is 11.8 Å². The highest BCUT2D eigenvalue weighted by Gasteiger charge is 2.21. The maximum Gasteiger partial charge on any atom is 0.149 e.